The van der Waals surface area contributed by atoms with Crippen LogP contribution in [0.3, 0.4) is 0 Å². The highest BCUT2D eigenvalue weighted by molar-refractivity contribution is 5.79. The molecule has 0 amide bonds. The number of rotatable bonds is 7. The van der Waals surface area contributed by atoms with E-state index in [9.17, 15) is 0 Å². The van der Waals surface area contributed by atoms with E-state index in [0.29, 0.717) is 13.1 Å². The quantitative estimate of drug-likeness (QED) is 0.608. The van der Waals surface area contributed by atoms with Gasteiger partial charge in [0.05, 0.1) is 25.5 Å². The van der Waals surface area contributed by atoms with Crippen LogP contribution in [0.2, 0.25) is 0 Å². The van der Waals surface area contributed by atoms with Crippen molar-refractivity contribution in [2.24, 2.45) is 4.99 Å². The molecule has 0 unspecified atom stereocenters. The number of hydrogen-bond acceptors (Lipinski definition) is 3. The number of aliphatic imine (C=N–C) groups is 1. The summed E-state index contributed by atoms with van der Waals surface area (Å²) in [4.78, 5) is 4.59. The minimum atomic E-state index is 0.185. The van der Waals surface area contributed by atoms with E-state index in [1.807, 2.05) is 57.2 Å². The van der Waals surface area contributed by atoms with Gasteiger partial charge in [-0.2, -0.15) is 0 Å². The van der Waals surface area contributed by atoms with E-state index in [0.717, 1.165) is 29.6 Å². The van der Waals surface area contributed by atoms with Crippen molar-refractivity contribution >= 4 is 5.96 Å². The zero-order valence-electron chi connectivity index (χ0n) is 14.0. The minimum absolute atomic E-state index is 0.185. The van der Waals surface area contributed by atoms with Crippen LogP contribution in [-0.4, -0.2) is 18.6 Å². The van der Waals surface area contributed by atoms with Crippen LogP contribution in [0.5, 0.6) is 5.75 Å². The van der Waals surface area contributed by atoms with Crippen LogP contribution in [0.1, 0.15) is 32.1 Å². The van der Waals surface area contributed by atoms with Gasteiger partial charge in [0.15, 0.2) is 5.96 Å². The van der Waals surface area contributed by atoms with Gasteiger partial charge in [-0.15, -0.1) is 0 Å². The predicted molar refractivity (Wildman–Crippen MR) is 92.6 cm³/mol. The topological polar surface area (TPSA) is 58.8 Å². The maximum Gasteiger partial charge on any atom is 0.191 e. The lowest BCUT2D eigenvalue weighted by atomic mass is 10.2. The molecule has 0 aliphatic rings. The van der Waals surface area contributed by atoms with Crippen LogP contribution < -0.4 is 15.4 Å². The first-order valence-corrected chi connectivity index (χ1v) is 7.97. The van der Waals surface area contributed by atoms with Crippen molar-refractivity contribution in [2.45, 2.75) is 40.0 Å². The first-order valence-electron chi connectivity index (χ1n) is 7.97. The maximum atomic E-state index is 5.64. The van der Waals surface area contributed by atoms with Crippen molar-refractivity contribution in [2.75, 3.05) is 6.54 Å². The van der Waals surface area contributed by atoms with Crippen molar-refractivity contribution in [1.82, 2.24) is 10.6 Å². The van der Waals surface area contributed by atoms with Crippen LogP contribution in [0.25, 0.3) is 0 Å². The number of guanidine groups is 1. The van der Waals surface area contributed by atoms with Gasteiger partial charge >= 0.3 is 0 Å². The number of nitrogens with one attached hydrogen (secondary N) is 2. The van der Waals surface area contributed by atoms with Gasteiger partial charge < -0.3 is 19.8 Å². The van der Waals surface area contributed by atoms with E-state index in [4.69, 9.17) is 9.15 Å². The molecule has 2 N–H and O–H groups in total. The predicted octanol–water partition coefficient (Wildman–Crippen LogP) is 3.32. The summed E-state index contributed by atoms with van der Waals surface area (Å²) < 4.78 is 11.0. The lowest BCUT2D eigenvalue weighted by molar-refractivity contribution is 0.242. The van der Waals surface area contributed by atoms with Crippen LogP contribution in [0.15, 0.2) is 52.1 Å². The zero-order chi connectivity index (χ0) is 16.5. The molecule has 0 bridgehead atoms. The molecule has 5 heteroatoms. The molecule has 2 rings (SSSR count). The fourth-order valence-electron chi connectivity index (χ4n) is 2.04. The van der Waals surface area contributed by atoms with Gasteiger partial charge in [0, 0.05) is 6.54 Å². The number of hydrogen-bond donors (Lipinski definition) is 2. The molecule has 1 aromatic carbocycles. The smallest absolute Gasteiger partial charge is 0.191 e. The third kappa shape index (κ3) is 6.06. The Kier molecular flexibility index (Phi) is 6.54. The highest BCUT2D eigenvalue weighted by Gasteiger charge is 2.01. The summed E-state index contributed by atoms with van der Waals surface area (Å²) in [5.74, 6) is 2.53. The van der Waals surface area contributed by atoms with Crippen LogP contribution in [0.4, 0.5) is 0 Å². The third-order valence-corrected chi connectivity index (χ3v) is 3.07. The van der Waals surface area contributed by atoms with E-state index < -0.39 is 0 Å². The van der Waals surface area contributed by atoms with Crippen LogP contribution in [-0.2, 0) is 13.1 Å². The summed E-state index contributed by atoms with van der Waals surface area (Å²) in [5.41, 5.74) is 1.14. The summed E-state index contributed by atoms with van der Waals surface area (Å²) in [7, 11) is 0. The molecule has 0 atom stereocenters. The third-order valence-electron chi connectivity index (χ3n) is 3.07. The Morgan fingerprint density at radius 3 is 2.57 bits per heavy atom. The maximum absolute atomic E-state index is 5.64. The van der Waals surface area contributed by atoms with Crippen molar-refractivity contribution in [3.05, 3.63) is 54.0 Å². The van der Waals surface area contributed by atoms with E-state index in [1.165, 1.54) is 0 Å². The van der Waals surface area contributed by atoms with E-state index in [2.05, 4.69) is 15.6 Å². The monoisotopic (exact) mass is 315 g/mol. The van der Waals surface area contributed by atoms with Gasteiger partial charge in [-0.3, -0.25) is 0 Å². The summed E-state index contributed by atoms with van der Waals surface area (Å²) in [5, 5.41) is 6.48. The Morgan fingerprint density at radius 1 is 1.17 bits per heavy atom. The molecular formula is C18H25N3O2. The molecule has 0 saturated carbocycles. The second-order valence-corrected chi connectivity index (χ2v) is 5.44. The van der Waals surface area contributed by atoms with Gasteiger partial charge in [-0.25, -0.2) is 4.99 Å². The molecule has 23 heavy (non-hydrogen) atoms. The van der Waals surface area contributed by atoms with Gasteiger partial charge in [-0.1, -0.05) is 12.1 Å². The average Bonchev–Trinajstić information content (AvgIpc) is 3.04. The normalized spacial score (nSPS) is 11.6. The molecule has 0 spiro atoms. The first kappa shape index (κ1) is 16.9. The highest BCUT2D eigenvalue weighted by atomic mass is 16.5. The van der Waals surface area contributed by atoms with Crippen molar-refractivity contribution in [1.29, 1.82) is 0 Å². The summed E-state index contributed by atoms with van der Waals surface area (Å²) in [6.45, 7) is 8.11. The number of benzene rings is 1. The first-order chi connectivity index (χ1) is 11.2. The Balaban J connectivity index is 1.91. The lowest BCUT2D eigenvalue weighted by Crippen LogP contribution is -2.36. The summed E-state index contributed by atoms with van der Waals surface area (Å²) >= 11 is 0. The molecule has 0 aliphatic heterocycles. The molecule has 5 nitrogen and oxygen atoms in total. The van der Waals surface area contributed by atoms with Crippen LogP contribution >= 0.6 is 0 Å². The molecule has 1 aromatic heterocycles. The Morgan fingerprint density at radius 2 is 1.96 bits per heavy atom. The Labute approximate surface area is 137 Å². The molecular weight excluding hydrogens is 290 g/mol. The van der Waals surface area contributed by atoms with Gasteiger partial charge in [0.2, 0.25) is 0 Å². The molecule has 0 fully saturated rings. The molecule has 2 aromatic rings. The molecule has 0 aliphatic carbocycles. The van der Waals surface area contributed by atoms with Crippen molar-refractivity contribution < 1.29 is 9.15 Å². The number of furan rings is 1. The molecule has 0 saturated heterocycles. The fourth-order valence-corrected chi connectivity index (χ4v) is 2.04. The van der Waals surface area contributed by atoms with Crippen molar-refractivity contribution in [3.8, 4) is 5.75 Å². The van der Waals surface area contributed by atoms with Crippen molar-refractivity contribution in [3.63, 3.8) is 0 Å². The molecule has 1 heterocycles. The van der Waals surface area contributed by atoms with E-state index in [1.54, 1.807) is 6.26 Å². The second kappa shape index (κ2) is 8.88. The van der Waals surface area contributed by atoms with Gasteiger partial charge in [0.25, 0.3) is 0 Å². The van der Waals surface area contributed by atoms with Gasteiger partial charge in [0.1, 0.15) is 11.5 Å². The SMILES string of the molecule is CCNC(=NCc1ccc(OC(C)C)cc1)NCc1ccco1. The standard InChI is InChI=1S/C18H25N3O2/c1-4-19-18(21-13-17-6-5-11-22-17)20-12-15-7-9-16(10-8-15)23-14(2)3/h5-11,14H,4,12-13H2,1-3H3,(H2,19,20,21). The van der Waals surface area contributed by atoms with E-state index >= 15 is 0 Å². The van der Waals surface area contributed by atoms with Gasteiger partial charge in [-0.05, 0) is 50.6 Å². The Bertz CT molecular complexity index is 589. The molecule has 124 valence electrons. The zero-order valence-corrected chi connectivity index (χ0v) is 14.0. The largest absolute Gasteiger partial charge is 0.491 e. The second-order valence-electron chi connectivity index (χ2n) is 5.44. The Hall–Kier alpha value is -2.43. The average molecular weight is 315 g/mol. The lowest BCUT2D eigenvalue weighted by Gasteiger charge is -2.11. The minimum Gasteiger partial charge on any atom is -0.491 e. The number of nitrogens with zero attached hydrogens (tertiary/aromatic N) is 1. The molecule has 0 radical (unpaired) electrons. The summed E-state index contributed by atoms with van der Waals surface area (Å²) in [6.07, 6.45) is 1.85. The number of ether oxygens (including phenoxy) is 1. The van der Waals surface area contributed by atoms with Crippen LogP contribution in [0, 0.1) is 0 Å². The fraction of sp³-hybridized carbons (Fsp3) is 0.389. The van der Waals surface area contributed by atoms with E-state index in [-0.39, 0.29) is 6.10 Å². The summed E-state index contributed by atoms with van der Waals surface area (Å²) in [6, 6.07) is 11.8. The highest BCUT2D eigenvalue weighted by Crippen LogP contribution is 2.14.